The molecule has 1 aromatic heterocycles. The van der Waals surface area contributed by atoms with E-state index in [0.29, 0.717) is 0 Å². The summed E-state index contributed by atoms with van der Waals surface area (Å²) in [6, 6.07) is 48.4. The minimum absolute atomic E-state index is 0.0221. The van der Waals surface area contributed by atoms with Gasteiger partial charge in [-0.15, -0.1) is 0 Å². The van der Waals surface area contributed by atoms with Gasteiger partial charge in [0.15, 0.2) is 0 Å². The minimum atomic E-state index is -0.0222. The summed E-state index contributed by atoms with van der Waals surface area (Å²) in [4.78, 5) is 4.79. The number of nitrogens with one attached hydrogen (secondary N) is 3. The first-order valence-corrected chi connectivity index (χ1v) is 20.1. The van der Waals surface area contributed by atoms with Gasteiger partial charge in [-0.2, -0.15) is 0 Å². The topological polar surface area (TPSA) is 49.0 Å². The highest BCUT2D eigenvalue weighted by Crippen LogP contribution is 2.45. The van der Waals surface area contributed by atoms with Crippen LogP contribution in [0.15, 0.2) is 188 Å². The Bertz CT molecular complexity index is 3170. The first-order chi connectivity index (χ1) is 28.7. The van der Waals surface area contributed by atoms with Crippen molar-refractivity contribution in [2.45, 2.75) is 18.1 Å². The molecule has 274 valence electrons. The average molecular weight is 743 g/mol. The lowest BCUT2D eigenvalue weighted by molar-refractivity contribution is 0.815. The normalized spacial score (nSPS) is 19.0. The molecule has 58 heavy (non-hydrogen) atoms. The van der Waals surface area contributed by atoms with Gasteiger partial charge in [-0.3, -0.25) is 4.98 Å². The number of dihydropyridines is 1. The summed E-state index contributed by atoms with van der Waals surface area (Å²) < 4.78 is 0. The lowest BCUT2D eigenvalue weighted by Gasteiger charge is -2.30. The lowest BCUT2D eigenvalue weighted by Crippen LogP contribution is -2.31. The smallest absolute Gasteiger partial charge is 0.0939 e. The van der Waals surface area contributed by atoms with E-state index in [4.69, 9.17) is 4.98 Å². The molecule has 0 fully saturated rings. The van der Waals surface area contributed by atoms with Gasteiger partial charge in [-0.1, -0.05) is 164 Å². The van der Waals surface area contributed by atoms with Crippen molar-refractivity contribution >= 4 is 78.0 Å². The average Bonchev–Trinajstić information content (AvgIpc) is 3.29. The van der Waals surface area contributed by atoms with Crippen molar-refractivity contribution in [2.75, 3.05) is 10.6 Å². The first-order valence-electron chi connectivity index (χ1n) is 20.1. The van der Waals surface area contributed by atoms with Gasteiger partial charge in [0.25, 0.3) is 0 Å². The number of nitrogens with zero attached hydrogens (tertiary/aromatic N) is 1. The maximum atomic E-state index is 4.79. The molecule has 8 aromatic rings. The fourth-order valence-corrected chi connectivity index (χ4v) is 9.51. The van der Waals surface area contributed by atoms with Crippen LogP contribution in [0.5, 0.6) is 0 Å². The third-order valence-corrected chi connectivity index (χ3v) is 12.4. The second-order valence-electron chi connectivity index (χ2n) is 15.7. The number of anilines is 2. The number of aromatic nitrogens is 1. The molecule has 3 aliphatic heterocycles. The van der Waals surface area contributed by atoms with Gasteiger partial charge in [0.1, 0.15) is 0 Å². The zero-order chi connectivity index (χ0) is 38.2. The summed E-state index contributed by atoms with van der Waals surface area (Å²) in [5, 5.41) is 20.4. The summed E-state index contributed by atoms with van der Waals surface area (Å²) in [5.41, 5.74) is 14.2. The van der Waals surface area contributed by atoms with Gasteiger partial charge in [0.2, 0.25) is 0 Å². The van der Waals surface area contributed by atoms with Crippen LogP contribution in [0.1, 0.15) is 45.5 Å². The van der Waals surface area contributed by atoms with Crippen LogP contribution in [-0.2, 0) is 0 Å². The summed E-state index contributed by atoms with van der Waals surface area (Å²) in [6.45, 7) is 0. The Balaban J connectivity index is 0.883. The van der Waals surface area contributed by atoms with Crippen LogP contribution in [0.2, 0.25) is 0 Å². The Hall–Kier alpha value is -7.43. The molecule has 7 aromatic carbocycles. The Morgan fingerprint density at radius 1 is 0.466 bits per heavy atom. The van der Waals surface area contributed by atoms with Crippen molar-refractivity contribution in [2.24, 2.45) is 0 Å². The number of hydrogen-bond acceptors (Lipinski definition) is 4. The third-order valence-electron chi connectivity index (χ3n) is 12.4. The predicted molar refractivity (Wildman–Crippen MR) is 244 cm³/mol. The highest BCUT2D eigenvalue weighted by atomic mass is 15.0. The fraction of sp³-hybridized carbons (Fsp3) is 0.0556. The van der Waals surface area contributed by atoms with Gasteiger partial charge in [-0.05, 0) is 101 Å². The molecule has 0 spiro atoms. The molecule has 0 amide bonds. The SMILES string of the molecule is C1=CC2=CC=C(c3ccc4c(c3)NC(c3c5ccccc5c(C5C=Cc6ccc7cccnc7c6N5)c5ccccc35)C=C4)NC2C=C1c1ccc2ccccc2c1. The van der Waals surface area contributed by atoms with E-state index in [1.807, 2.05) is 12.3 Å². The summed E-state index contributed by atoms with van der Waals surface area (Å²) in [7, 11) is 0. The predicted octanol–water partition coefficient (Wildman–Crippen LogP) is 12.9. The van der Waals surface area contributed by atoms with E-state index in [0.717, 1.165) is 39.1 Å². The van der Waals surface area contributed by atoms with Gasteiger partial charge >= 0.3 is 0 Å². The van der Waals surface area contributed by atoms with Crippen molar-refractivity contribution in [1.29, 1.82) is 0 Å². The largest absolute Gasteiger partial charge is 0.374 e. The van der Waals surface area contributed by atoms with Gasteiger partial charge < -0.3 is 16.0 Å². The molecule has 4 heterocycles. The maximum absolute atomic E-state index is 4.79. The Morgan fingerprint density at radius 3 is 1.91 bits per heavy atom. The molecule has 0 radical (unpaired) electrons. The van der Waals surface area contributed by atoms with E-state index in [1.54, 1.807) is 0 Å². The van der Waals surface area contributed by atoms with E-state index in [1.165, 1.54) is 65.7 Å². The summed E-state index contributed by atoms with van der Waals surface area (Å²) in [5.74, 6) is 0. The minimum Gasteiger partial charge on any atom is -0.374 e. The fourth-order valence-electron chi connectivity index (χ4n) is 9.51. The molecule has 4 aliphatic rings. The van der Waals surface area contributed by atoms with Gasteiger partial charge in [0, 0.05) is 23.0 Å². The van der Waals surface area contributed by atoms with E-state index in [9.17, 15) is 0 Å². The maximum Gasteiger partial charge on any atom is 0.0939 e. The van der Waals surface area contributed by atoms with E-state index in [-0.39, 0.29) is 18.1 Å². The number of rotatable bonds is 4. The number of pyridine rings is 1. The molecule has 4 nitrogen and oxygen atoms in total. The van der Waals surface area contributed by atoms with Crippen LogP contribution in [-0.4, -0.2) is 11.0 Å². The molecule has 0 saturated heterocycles. The Morgan fingerprint density at radius 2 is 1.12 bits per heavy atom. The van der Waals surface area contributed by atoms with E-state index < -0.39 is 0 Å². The van der Waals surface area contributed by atoms with Crippen LogP contribution < -0.4 is 16.0 Å². The lowest BCUT2D eigenvalue weighted by atomic mass is 9.84. The molecule has 3 atom stereocenters. The molecule has 3 N–H and O–H groups in total. The van der Waals surface area contributed by atoms with Crippen molar-refractivity contribution in [1.82, 2.24) is 10.3 Å². The Kier molecular flexibility index (Phi) is 7.39. The molecular weight excluding hydrogens is 705 g/mol. The Labute approximate surface area is 337 Å². The number of fused-ring (bicyclic) bond motifs is 8. The summed E-state index contributed by atoms with van der Waals surface area (Å²) in [6.07, 6.45) is 22.4. The van der Waals surface area contributed by atoms with E-state index >= 15 is 0 Å². The zero-order valence-corrected chi connectivity index (χ0v) is 31.7. The van der Waals surface area contributed by atoms with E-state index in [2.05, 4.69) is 198 Å². The second kappa shape index (κ2) is 13.1. The first kappa shape index (κ1) is 32.8. The van der Waals surface area contributed by atoms with Crippen molar-refractivity contribution in [3.05, 3.63) is 221 Å². The molecule has 3 unspecified atom stereocenters. The molecule has 12 rings (SSSR count). The van der Waals surface area contributed by atoms with Crippen LogP contribution >= 0.6 is 0 Å². The molecule has 1 aliphatic carbocycles. The highest BCUT2D eigenvalue weighted by Gasteiger charge is 2.27. The zero-order valence-electron chi connectivity index (χ0n) is 31.7. The molecule has 0 saturated carbocycles. The summed E-state index contributed by atoms with van der Waals surface area (Å²) >= 11 is 0. The van der Waals surface area contributed by atoms with Crippen molar-refractivity contribution < 1.29 is 0 Å². The van der Waals surface area contributed by atoms with Crippen molar-refractivity contribution in [3.8, 4) is 0 Å². The number of benzene rings is 7. The van der Waals surface area contributed by atoms with Gasteiger partial charge in [-0.25, -0.2) is 0 Å². The van der Waals surface area contributed by atoms with Crippen LogP contribution in [0, 0.1) is 0 Å². The molecule has 4 heteroatoms. The van der Waals surface area contributed by atoms with Crippen LogP contribution in [0.3, 0.4) is 0 Å². The highest BCUT2D eigenvalue weighted by molar-refractivity contribution is 6.08. The number of allylic oxidation sites excluding steroid dienone is 4. The van der Waals surface area contributed by atoms with Gasteiger partial charge in [0.05, 0.1) is 29.3 Å². The second-order valence-corrected chi connectivity index (χ2v) is 15.7. The van der Waals surface area contributed by atoms with Crippen LogP contribution in [0.25, 0.3) is 66.6 Å². The van der Waals surface area contributed by atoms with Crippen molar-refractivity contribution in [3.63, 3.8) is 0 Å². The standard InChI is InChI=1S/C54H38N4/c1-2-9-38-30-39(20-15-33(38)8-1)40-21-16-34-23-26-46(56-49(34)31-40)41-22-17-35-24-27-47(57-50(35)32-41)51-42-11-3-5-13-44(42)52(45-14-6-4-12-43(45)51)48-28-25-37-19-18-36-10-7-29-55-53(36)54(37)58-48/h1-32,47-49,56-58H. The quantitative estimate of drug-likeness (QED) is 0.157. The third kappa shape index (κ3) is 5.33. The monoisotopic (exact) mass is 742 g/mol. The number of hydrogen-bond donors (Lipinski definition) is 3. The molecule has 0 bridgehead atoms. The van der Waals surface area contributed by atoms with Crippen LogP contribution in [0.4, 0.5) is 11.4 Å². The molecular formula is C54H38N4.